The maximum absolute atomic E-state index is 12.0. The van der Waals surface area contributed by atoms with Crippen LogP contribution in [0.2, 0.25) is 5.02 Å². The number of halogens is 1. The van der Waals surface area contributed by atoms with Crippen LogP contribution in [0.15, 0.2) is 42.7 Å². The van der Waals surface area contributed by atoms with Crippen molar-refractivity contribution in [1.82, 2.24) is 10.3 Å². The van der Waals surface area contributed by atoms with Crippen molar-refractivity contribution in [3.63, 3.8) is 0 Å². The molecule has 0 saturated heterocycles. The summed E-state index contributed by atoms with van der Waals surface area (Å²) in [4.78, 5) is 16.0. The highest BCUT2D eigenvalue weighted by Crippen LogP contribution is 2.23. The van der Waals surface area contributed by atoms with E-state index in [0.717, 1.165) is 17.5 Å². The molecule has 0 aliphatic heterocycles. The molecule has 2 aromatic rings. The van der Waals surface area contributed by atoms with E-state index >= 15 is 0 Å². The van der Waals surface area contributed by atoms with Crippen molar-refractivity contribution in [3.05, 3.63) is 58.9 Å². The average molecular weight is 305 g/mol. The van der Waals surface area contributed by atoms with Crippen LogP contribution in [0.1, 0.15) is 18.1 Å². The summed E-state index contributed by atoms with van der Waals surface area (Å²) in [6.07, 6.45) is 4.48. The number of carbonyl (C=O) groups excluding carboxylic acids is 1. The van der Waals surface area contributed by atoms with Crippen LogP contribution < -0.4 is 5.32 Å². The molecule has 1 aromatic heterocycles. The predicted octanol–water partition coefficient (Wildman–Crippen LogP) is 2.73. The first kappa shape index (κ1) is 15.3. The van der Waals surface area contributed by atoms with Gasteiger partial charge in [-0.3, -0.25) is 9.78 Å². The van der Waals surface area contributed by atoms with E-state index in [4.69, 9.17) is 11.6 Å². The van der Waals surface area contributed by atoms with Crippen molar-refractivity contribution in [2.75, 3.05) is 0 Å². The van der Waals surface area contributed by atoms with Crippen LogP contribution in [0.4, 0.5) is 0 Å². The van der Waals surface area contributed by atoms with Crippen LogP contribution in [0.5, 0.6) is 5.75 Å². The van der Waals surface area contributed by atoms with E-state index in [-0.39, 0.29) is 29.1 Å². The van der Waals surface area contributed by atoms with Crippen LogP contribution in [-0.2, 0) is 17.6 Å². The van der Waals surface area contributed by atoms with Crippen molar-refractivity contribution >= 4 is 17.5 Å². The number of aromatic hydroxyl groups is 1. The van der Waals surface area contributed by atoms with Gasteiger partial charge < -0.3 is 10.4 Å². The Labute approximate surface area is 128 Å². The Morgan fingerprint density at radius 2 is 2.19 bits per heavy atom. The summed E-state index contributed by atoms with van der Waals surface area (Å²) in [5.74, 6) is -0.0566. The normalized spacial score (nSPS) is 11.9. The number of nitrogens with zero attached hydrogens (tertiary/aromatic N) is 1. The fraction of sp³-hybridized carbons (Fsp3) is 0.250. The average Bonchev–Trinajstić information content (AvgIpc) is 2.43. The first-order chi connectivity index (χ1) is 10.0. The molecule has 1 heterocycles. The monoisotopic (exact) mass is 304 g/mol. The first-order valence-corrected chi connectivity index (χ1v) is 7.08. The summed E-state index contributed by atoms with van der Waals surface area (Å²) in [5.41, 5.74) is 1.85. The molecule has 1 amide bonds. The van der Waals surface area contributed by atoms with Crippen LogP contribution >= 0.6 is 11.6 Å². The fourth-order valence-electron chi connectivity index (χ4n) is 2.10. The van der Waals surface area contributed by atoms with Gasteiger partial charge in [0, 0.05) is 18.4 Å². The van der Waals surface area contributed by atoms with Crippen LogP contribution in [0, 0.1) is 0 Å². The molecule has 2 rings (SSSR count). The molecule has 0 fully saturated rings. The van der Waals surface area contributed by atoms with E-state index in [1.54, 1.807) is 24.5 Å². The smallest absolute Gasteiger partial charge is 0.224 e. The molecule has 5 heteroatoms. The number of hydrogen-bond donors (Lipinski definition) is 2. The lowest BCUT2D eigenvalue weighted by Gasteiger charge is -2.14. The van der Waals surface area contributed by atoms with Gasteiger partial charge in [-0.1, -0.05) is 23.7 Å². The zero-order valence-electron chi connectivity index (χ0n) is 11.7. The summed E-state index contributed by atoms with van der Waals surface area (Å²) >= 11 is 5.82. The number of aromatic nitrogens is 1. The highest BCUT2D eigenvalue weighted by Gasteiger charge is 2.10. The quantitative estimate of drug-likeness (QED) is 0.893. The summed E-state index contributed by atoms with van der Waals surface area (Å²) in [6.45, 7) is 1.95. The van der Waals surface area contributed by atoms with E-state index < -0.39 is 0 Å². The zero-order valence-corrected chi connectivity index (χ0v) is 12.5. The first-order valence-electron chi connectivity index (χ1n) is 6.70. The Bertz CT molecular complexity index is 617. The standard InChI is InChI=1S/C16H17ClN2O2/c1-11(7-13-3-2-6-18-10-13)19-16(21)9-12-4-5-15(20)14(17)8-12/h2-6,8,10-11,20H,7,9H2,1H3,(H,19,21)/t11-/m1/s1. The highest BCUT2D eigenvalue weighted by molar-refractivity contribution is 6.32. The number of nitrogens with one attached hydrogen (secondary N) is 1. The van der Waals surface area contributed by atoms with Crippen molar-refractivity contribution < 1.29 is 9.90 Å². The lowest BCUT2D eigenvalue weighted by molar-refractivity contribution is -0.121. The predicted molar refractivity (Wildman–Crippen MR) is 82.4 cm³/mol. The van der Waals surface area contributed by atoms with Gasteiger partial charge in [0.15, 0.2) is 0 Å². The van der Waals surface area contributed by atoms with E-state index in [1.807, 2.05) is 19.1 Å². The number of benzene rings is 1. The lowest BCUT2D eigenvalue weighted by Crippen LogP contribution is -2.35. The van der Waals surface area contributed by atoms with Crippen LogP contribution in [0.3, 0.4) is 0 Å². The van der Waals surface area contributed by atoms with Gasteiger partial charge in [0.25, 0.3) is 0 Å². The second kappa shape index (κ2) is 7.09. The molecular weight excluding hydrogens is 288 g/mol. The molecule has 0 bridgehead atoms. The number of amides is 1. The van der Waals surface area contributed by atoms with Gasteiger partial charge in [-0.2, -0.15) is 0 Å². The number of phenolic OH excluding ortho intramolecular Hbond substituents is 1. The fourth-order valence-corrected chi connectivity index (χ4v) is 2.30. The van der Waals surface area contributed by atoms with Crippen LogP contribution in [0.25, 0.3) is 0 Å². The van der Waals surface area contributed by atoms with Crippen molar-refractivity contribution in [2.45, 2.75) is 25.8 Å². The number of hydrogen-bond acceptors (Lipinski definition) is 3. The number of pyridine rings is 1. The lowest BCUT2D eigenvalue weighted by atomic mass is 10.1. The van der Waals surface area contributed by atoms with Gasteiger partial charge in [0.1, 0.15) is 5.75 Å². The van der Waals surface area contributed by atoms with E-state index in [0.29, 0.717) is 0 Å². The molecular formula is C16H17ClN2O2. The largest absolute Gasteiger partial charge is 0.506 e. The van der Waals surface area contributed by atoms with Gasteiger partial charge in [0.05, 0.1) is 11.4 Å². The van der Waals surface area contributed by atoms with Gasteiger partial charge in [0.2, 0.25) is 5.91 Å². The minimum absolute atomic E-state index is 0.0192. The number of phenols is 1. The molecule has 0 spiro atoms. The minimum atomic E-state index is -0.0758. The van der Waals surface area contributed by atoms with Gasteiger partial charge >= 0.3 is 0 Å². The third-order valence-corrected chi connectivity index (χ3v) is 3.35. The van der Waals surface area contributed by atoms with Gasteiger partial charge in [-0.15, -0.1) is 0 Å². The van der Waals surface area contributed by atoms with Crippen molar-refractivity contribution in [2.24, 2.45) is 0 Å². The highest BCUT2D eigenvalue weighted by atomic mass is 35.5. The van der Waals surface area contributed by atoms with Gasteiger partial charge in [-0.05, 0) is 42.7 Å². The van der Waals surface area contributed by atoms with E-state index in [9.17, 15) is 9.90 Å². The molecule has 0 unspecified atom stereocenters. The SMILES string of the molecule is C[C@H](Cc1cccnc1)NC(=O)Cc1ccc(O)c(Cl)c1. The molecule has 0 aliphatic carbocycles. The molecule has 21 heavy (non-hydrogen) atoms. The summed E-state index contributed by atoms with van der Waals surface area (Å²) in [7, 11) is 0. The molecule has 110 valence electrons. The summed E-state index contributed by atoms with van der Waals surface area (Å²) in [5, 5.41) is 12.5. The Morgan fingerprint density at radius 1 is 1.38 bits per heavy atom. The third kappa shape index (κ3) is 4.76. The number of carbonyl (C=O) groups is 1. The summed E-state index contributed by atoms with van der Waals surface area (Å²) < 4.78 is 0. The molecule has 2 N–H and O–H groups in total. The molecule has 1 aromatic carbocycles. The topological polar surface area (TPSA) is 62.2 Å². The second-order valence-corrected chi connectivity index (χ2v) is 5.40. The maximum Gasteiger partial charge on any atom is 0.224 e. The molecule has 0 saturated carbocycles. The molecule has 4 nitrogen and oxygen atoms in total. The van der Waals surface area contributed by atoms with Crippen molar-refractivity contribution in [1.29, 1.82) is 0 Å². The maximum atomic E-state index is 12.0. The Balaban J connectivity index is 1.87. The molecule has 1 atom stereocenters. The van der Waals surface area contributed by atoms with Gasteiger partial charge in [-0.25, -0.2) is 0 Å². The number of rotatable bonds is 5. The molecule has 0 aliphatic rings. The van der Waals surface area contributed by atoms with E-state index in [2.05, 4.69) is 10.3 Å². The summed E-state index contributed by atoms with van der Waals surface area (Å²) in [6, 6.07) is 8.66. The molecule has 0 radical (unpaired) electrons. The minimum Gasteiger partial charge on any atom is -0.506 e. The zero-order chi connectivity index (χ0) is 15.2. The van der Waals surface area contributed by atoms with Crippen molar-refractivity contribution in [3.8, 4) is 5.75 Å². The third-order valence-electron chi connectivity index (χ3n) is 3.05. The Kier molecular flexibility index (Phi) is 5.17. The Hall–Kier alpha value is -2.07. The van der Waals surface area contributed by atoms with Crippen LogP contribution in [-0.4, -0.2) is 22.0 Å². The Morgan fingerprint density at radius 3 is 2.86 bits per heavy atom. The second-order valence-electron chi connectivity index (χ2n) is 5.00. The van der Waals surface area contributed by atoms with E-state index in [1.165, 1.54) is 6.07 Å².